The molecule has 0 bridgehead atoms. The molecule has 6 N–H and O–H groups in total. The number of hydrogen-bond donors (Lipinski definition) is 4. The van der Waals surface area contributed by atoms with Crippen molar-refractivity contribution in [3.63, 3.8) is 0 Å². The van der Waals surface area contributed by atoms with Crippen molar-refractivity contribution < 1.29 is 34.7 Å². The fraction of sp³-hybridized carbons (Fsp3) is 0.389. The van der Waals surface area contributed by atoms with Gasteiger partial charge in [-0.25, -0.2) is 18.4 Å². The summed E-state index contributed by atoms with van der Waals surface area (Å²) in [5.74, 6) is -0.718. The first kappa shape index (κ1) is 27.0. The molecule has 1 heterocycles. The quantitative estimate of drug-likeness (QED) is 0.210. The Morgan fingerprint density at radius 2 is 1.77 bits per heavy atom. The van der Waals surface area contributed by atoms with Crippen molar-refractivity contribution in [1.82, 2.24) is 20.0 Å². The van der Waals surface area contributed by atoms with E-state index in [9.17, 15) is 13.2 Å². The Bertz CT molecular complexity index is 1010. The Kier molecular flexibility index (Phi) is 9.64. The van der Waals surface area contributed by atoms with Gasteiger partial charge < -0.3 is 38.2 Å². The summed E-state index contributed by atoms with van der Waals surface area (Å²) in [6.45, 7) is 2.58. The van der Waals surface area contributed by atoms with Crippen LogP contribution >= 0.6 is 11.6 Å². The van der Waals surface area contributed by atoms with Crippen molar-refractivity contribution in [2.45, 2.75) is 24.4 Å². The molecule has 0 fully saturated rings. The Balaban J connectivity index is 0.00000480. The van der Waals surface area contributed by atoms with Crippen LogP contribution in [-0.4, -0.2) is 62.1 Å². The van der Waals surface area contributed by atoms with E-state index in [-0.39, 0.29) is 50.9 Å². The van der Waals surface area contributed by atoms with Crippen LogP contribution < -0.4 is 38.5 Å². The molecule has 0 saturated heterocycles. The van der Waals surface area contributed by atoms with Gasteiger partial charge >= 0.3 is 0 Å². The Labute approximate surface area is 197 Å². The highest BCUT2D eigenvalue weighted by Gasteiger charge is 2.31. The smallest absolute Gasteiger partial charge is 0.273 e. The molecule has 1 unspecified atom stereocenters. The van der Waals surface area contributed by atoms with Gasteiger partial charge in [-0.2, -0.15) is 4.72 Å². The molecule has 0 aliphatic carbocycles. The minimum atomic E-state index is -3.67. The van der Waals surface area contributed by atoms with E-state index in [2.05, 4.69) is 20.0 Å². The maximum atomic E-state index is 12.7. The largest absolute Gasteiger partial charge is 1.00 e. The van der Waals surface area contributed by atoms with E-state index in [0.29, 0.717) is 17.4 Å². The predicted molar refractivity (Wildman–Crippen MR) is 116 cm³/mol. The van der Waals surface area contributed by atoms with E-state index >= 15 is 0 Å². The molecule has 1 aromatic carbocycles. The van der Waals surface area contributed by atoms with Crippen LogP contribution in [0.1, 0.15) is 23.8 Å². The normalized spacial score (nSPS) is 12.6. The molecule has 10 nitrogen and oxygen atoms in total. The van der Waals surface area contributed by atoms with Gasteiger partial charge in [-0.15, -0.1) is 0 Å². The molecule has 1 atom stereocenters. The molecule has 2 rings (SSSR count). The average molecular weight is 537 g/mol. The summed E-state index contributed by atoms with van der Waals surface area (Å²) in [5, 5.41) is 2.60. The van der Waals surface area contributed by atoms with Crippen molar-refractivity contribution in [2.75, 3.05) is 38.7 Å². The lowest BCUT2D eigenvalue weighted by Gasteiger charge is -2.37. The number of quaternary nitrogens is 1. The van der Waals surface area contributed by atoms with Crippen molar-refractivity contribution in [2.24, 2.45) is 0 Å². The second-order valence-corrected chi connectivity index (χ2v) is 9.32. The van der Waals surface area contributed by atoms with Gasteiger partial charge in [-0.05, 0) is 12.1 Å². The van der Waals surface area contributed by atoms with Gasteiger partial charge in [0.05, 0.1) is 32.1 Å². The third-order valence-electron chi connectivity index (χ3n) is 4.67. The van der Waals surface area contributed by atoms with Crippen LogP contribution in [0.4, 0.5) is 11.6 Å². The van der Waals surface area contributed by atoms with E-state index < -0.39 is 22.1 Å². The number of hydrogen-bond acceptors (Lipinski definition) is 7. The third-order valence-corrected chi connectivity index (χ3v) is 6.42. The average Bonchev–Trinajstić information content (AvgIpc) is 2.69. The summed E-state index contributed by atoms with van der Waals surface area (Å²) >= 11 is 5.81. The summed E-state index contributed by atoms with van der Waals surface area (Å²) in [4.78, 5) is 20.2. The SMILES string of the molecule is CCC(NS(=O)(=O)c1ccccc1)[N+](C)(C)CCNC(=O)c1nc(Cl)c(N)nc1N.[Br-]. The number of halogens is 2. The number of sulfonamides is 1. The number of likely N-dealkylation sites (N-methyl/N-ethyl adjacent to an activating group) is 1. The van der Waals surface area contributed by atoms with Gasteiger partial charge in [-0.3, -0.25) is 4.79 Å². The third kappa shape index (κ3) is 7.01. The number of nitrogens with two attached hydrogens (primary N) is 2. The van der Waals surface area contributed by atoms with Crippen LogP contribution in [0.5, 0.6) is 0 Å². The molecule has 0 radical (unpaired) electrons. The molecule has 172 valence electrons. The minimum absolute atomic E-state index is 0. The number of nitrogens with zero attached hydrogens (tertiary/aromatic N) is 3. The molecular formula is C18H27BrClN7O3S. The summed E-state index contributed by atoms with van der Waals surface area (Å²) in [6, 6.07) is 8.17. The number of aromatic nitrogens is 2. The monoisotopic (exact) mass is 535 g/mol. The fourth-order valence-corrected chi connectivity index (χ4v) is 4.46. The van der Waals surface area contributed by atoms with Crippen LogP contribution in [0.15, 0.2) is 35.2 Å². The molecule has 2 aromatic rings. The van der Waals surface area contributed by atoms with Crippen LogP contribution in [0, 0.1) is 0 Å². The van der Waals surface area contributed by atoms with E-state index in [0.717, 1.165) is 0 Å². The Morgan fingerprint density at radius 1 is 1.16 bits per heavy atom. The summed E-state index contributed by atoms with van der Waals surface area (Å²) < 4.78 is 28.4. The number of carbonyl (C=O) groups excluding carboxylic acids is 1. The lowest BCUT2D eigenvalue weighted by molar-refractivity contribution is -0.915. The standard InChI is InChI=1S/C18H26ClN7O3S.BrH/c1-4-13(25-30(28,29)12-8-6-5-7-9-12)26(2,3)11-10-22-18(27)14-16(20)24-17(21)15(19)23-14;/h5-9,13,25H,4,10-11H2,1-3H3,(H4-,20,21,22,24,27);1H. The molecule has 13 heteroatoms. The van der Waals surface area contributed by atoms with Crippen molar-refractivity contribution in [3.8, 4) is 0 Å². The van der Waals surface area contributed by atoms with Crippen LogP contribution in [0.3, 0.4) is 0 Å². The minimum Gasteiger partial charge on any atom is -1.00 e. The van der Waals surface area contributed by atoms with Crippen molar-refractivity contribution >= 4 is 39.2 Å². The van der Waals surface area contributed by atoms with E-state index in [1.807, 2.05) is 21.0 Å². The molecule has 31 heavy (non-hydrogen) atoms. The van der Waals surface area contributed by atoms with Crippen LogP contribution in [-0.2, 0) is 10.0 Å². The summed E-state index contributed by atoms with van der Waals surface area (Å²) in [7, 11) is 0.0863. The number of carbonyl (C=O) groups is 1. The van der Waals surface area contributed by atoms with Gasteiger partial charge in [0.25, 0.3) is 5.91 Å². The zero-order valence-electron chi connectivity index (χ0n) is 17.5. The van der Waals surface area contributed by atoms with Crippen LogP contribution in [0.25, 0.3) is 0 Å². The van der Waals surface area contributed by atoms with Gasteiger partial charge in [-0.1, -0.05) is 36.7 Å². The topological polar surface area (TPSA) is 153 Å². The maximum absolute atomic E-state index is 12.7. The molecular weight excluding hydrogens is 510 g/mol. The number of benzene rings is 1. The fourth-order valence-electron chi connectivity index (χ4n) is 2.87. The van der Waals surface area contributed by atoms with E-state index in [1.54, 1.807) is 30.3 Å². The van der Waals surface area contributed by atoms with Gasteiger partial charge in [0.15, 0.2) is 28.6 Å². The van der Waals surface area contributed by atoms with E-state index in [1.165, 1.54) is 0 Å². The number of anilines is 2. The molecule has 0 spiro atoms. The first-order valence-corrected chi connectivity index (χ1v) is 11.1. The number of amides is 1. The van der Waals surface area contributed by atoms with E-state index in [4.69, 9.17) is 23.1 Å². The summed E-state index contributed by atoms with van der Waals surface area (Å²) in [6.07, 6.45) is 0.155. The van der Waals surface area contributed by atoms with Gasteiger partial charge in [0.2, 0.25) is 10.0 Å². The second kappa shape index (κ2) is 11.0. The molecule has 0 aliphatic rings. The van der Waals surface area contributed by atoms with Crippen molar-refractivity contribution in [1.29, 1.82) is 0 Å². The van der Waals surface area contributed by atoms with Gasteiger partial charge in [0.1, 0.15) is 0 Å². The highest BCUT2D eigenvalue weighted by molar-refractivity contribution is 7.89. The molecule has 0 saturated carbocycles. The van der Waals surface area contributed by atoms with Crippen molar-refractivity contribution in [3.05, 3.63) is 41.2 Å². The highest BCUT2D eigenvalue weighted by Crippen LogP contribution is 2.17. The predicted octanol–water partition coefficient (Wildman–Crippen LogP) is -2.18. The number of nitrogen functional groups attached to an aromatic ring is 2. The second-order valence-electron chi connectivity index (χ2n) is 7.25. The molecule has 1 amide bonds. The van der Waals surface area contributed by atoms with Crippen LogP contribution in [0.2, 0.25) is 5.15 Å². The zero-order valence-corrected chi connectivity index (χ0v) is 20.6. The Hall–Kier alpha value is -1.99. The van der Waals surface area contributed by atoms with Gasteiger partial charge in [0, 0.05) is 6.42 Å². The Morgan fingerprint density at radius 3 is 2.35 bits per heavy atom. The lowest BCUT2D eigenvalue weighted by Crippen LogP contribution is -3.00. The lowest BCUT2D eigenvalue weighted by atomic mass is 10.3. The maximum Gasteiger partial charge on any atom is 0.273 e. The molecule has 1 aromatic heterocycles. The molecule has 0 aliphatic heterocycles. The number of rotatable bonds is 9. The zero-order chi connectivity index (χ0) is 22.5. The highest BCUT2D eigenvalue weighted by atomic mass is 79.9. The first-order chi connectivity index (χ1) is 14.0. The first-order valence-electron chi connectivity index (χ1n) is 9.24. The number of nitrogens with one attached hydrogen (secondary N) is 2. The summed E-state index contributed by atoms with van der Waals surface area (Å²) in [5.41, 5.74) is 11.1.